The van der Waals surface area contributed by atoms with Crippen molar-refractivity contribution in [1.82, 2.24) is 9.80 Å². The number of ether oxygens (including phenoxy) is 2. The van der Waals surface area contributed by atoms with Gasteiger partial charge in [0.25, 0.3) is 0 Å². The highest BCUT2D eigenvalue weighted by atomic mass is 32.2. The Balaban J connectivity index is 1.56. The normalized spacial score (nSPS) is 29.6. The van der Waals surface area contributed by atoms with Gasteiger partial charge in [0.15, 0.2) is 0 Å². The average molecular weight is 664 g/mol. The Hall–Kier alpha value is -2.96. The Kier molecular flexibility index (Phi) is 12.3. The molecule has 0 saturated carbocycles. The first kappa shape index (κ1) is 35.9. The minimum atomic E-state index is -3.02. The van der Waals surface area contributed by atoms with E-state index in [1.807, 2.05) is 58.0 Å². The van der Waals surface area contributed by atoms with Gasteiger partial charge in [0.05, 0.1) is 24.0 Å². The average Bonchev–Trinajstić information content (AvgIpc) is 2.99. The maximum atomic E-state index is 14.9. The summed E-state index contributed by atoms with van der Waals surface area (Å²) in [7, 11) is 0.841. The maximum Gasteiger partial charge on any atom is 0.410 e. The largest absolute Gasteiger partial charge is 0.457 e. The molecular formula is C34H50FN3O7S. The second kappa shape index (κ2) is 15.8. The molecule has 1 aromatic carbocycles. The maximum absolute atomic E-state index is 14.9. The smallest absolute Gasteiger partial charge is 0.410 e. The standard InChI is InChI=1S/C34H50FN3O7S/c1-23-6-8-30(39)22-32(40)45-33(24(2)7-9-31(23)44-34(41)38-14-12-36(4)13-15-38)25(3)18-26-19-27(35)21-29(20-26)37(5)28-10-16-46(42,43)17-11-28/h7,9,18-21,23-24,28,30-31,33,39H,6,8,10-17,22H2,1-5H3/b9-7+,25-18+/t23-,24-,30+,31+,33-/m0/s1. The van der Waals surface area contributed by atoms with E-state index in [0.29, 0.717) is 55.6 Å². The molecule has 0 aliphatic carbocycles. The van der Waals surface area contributed by atoms with Crippen LogP contribution in [0.3, 0.4) is 0 Å². The van der Waals surface area contributed by atoms with Gasteiger partial charge < -0.3 is 29.3 Å². The van der Waals surface area contributed by atoms with E-state index in [4.69, 9.17) is 9.47 Å². The molecule has 46 heavy (non-hydrogen) atoms. The molecule has 10 nitrogen and oxygen atoms in total. The van der Waals surface area contributed by atoms with Crippen molar-refractivity contribution in [3.8, 4) is 0 Å². The molecule has 0 radical (unpaired) electrons. The first-order valence-electron chi connectivity index (χ1n) is 16.3. The van der Waals surface area contributed by atoms with E-state index in [9.17, 15) is 27.5 Å². The number of carbonyl (C=O) groups is 2. The summed E-state index contributed by atoms with van der Waals surface area (Å²) in [6.45, 7) is 8.44. The number of carbonyl (C=O) groups excluding carboxylic acids is 2. The number of rotatable bonds is 5. The van der Waals surface area contributed by atoms with Crippen molar-refractivity contribution in [2.75, 3.05) is 56.7 Å². The molecule has 2 saturated heterocycles. The van der Waals surface area contributed by atoms with E-state index in [2.05, 4.69) is 4.90 Å². The molecule has 4 rings (SSSR count). The second-order valence-corrected chi connectivity index (χ2v) is 15.6. The first-order valence-corrected chi connectivity index (χ1v) is 18.1. The molecule has 3 aliphatic rings. The molecule has 1 N–H and O–H groups in total. The highest BCUT2D eigenvalue weighted by molar-refractivity contribution is 7.91. The van der Waals surface area contributed by atoms with Crippen LogP contribution >= 0.6 is 0 Å². The Labute approximate surface area is 273 Å². The van der Waals surface area contributed by atoms with Crippen LogP contribution in [0.1, 0.15) is 58.4 Å². The number of benzene rings is 1. The molecule has 0 unspecified atom stereocenters. The predicted molar refractivity (Wildman–Crippen MR) is 177 cm³/mol. The predicted octanol–water partition coefficient (Wildman–Crippen LogP) is 4.28. The summed E-state index contributed by atoms with van der Waals surface area (Å²) in [6.07, 6.45) is 4.74. The van der Waals surface area contributed by atoms with Crippen LogP contribution in [-0.2, 0) is 24.1 Å². The molecule has 256 valence electrons. The molecule has 12 heteroatoms. The zero-order valence-corrected chi connectivity index (χ0v) is 28.5. The molecule has 2 fully saturated rings. The fraction of sp³-hybridized carbons (Fsp3) is 0.647. The molecule has 1 aromatic rings. The topological polar surface area (TPSA) is 117 Å². The van der Waals surface area contributed by atoms with Crippen LogP contribution in [0, 0.1) is 17.7 Å². The van der Waals surface area contributed by atoms with Gasteiger partial charge in [0.1, 0.15) is 27.9 Å². The van der Waals surface area contributed by atoms with Crippen molar-refractivity contribution in [3.05, 3.63) is 47.3 Å². The van der Waals surface area contributed by atoms with Gasteiger partial charge in [-0.2, -0.15) is 0 Å². The van der Waals surface area contributed by atoms with Crippen LogP contribution in [0.25, 0.3) is 6.08 Å². The van der Waals surface area contributed by atoms with Gasteiger partial charge in [-0.25, -0.2) is 17.6 Å². The molecule has 0 bridgehead atoms. The molecule has 3 heterocycles. The summed E-state index contributed by atoms with van der Waals surface area (Å²) in [6, 6.07) is 4.66. The highest BCUT2D eigenvalue weighted by Crippen LogP contribution is 2.29. The number of hydrogen-bond acceptors (Lipinski definition) is 9. The van der Waals surface area contributed by atoms with Crippen molar-refractivity contribution in [2.45, 2.75) is 77.2 Å². The van der Waals surface area contributed by atoms with Crippen LogP contribution in [0.4, 0.5) is 14.9 Å². The van der Waals surface area contributed by atoms with Gasteiger partial charge in [-0.1, -0.05) is 26.0 Å². The fourth-order valence-corrected chi connectivity index (χ4v) is 7.80. The summed E-state index contributed by atoms with van der Waals surface area (Å²) in [5, 5.41) is 10.6. The molecular weight excluding hydrogens is 613 g/mol. The van der Waals surface area contributed by atoms with Gasteiger partial charge in [-0.3, -0.25) is 4.79 Å². The number of amides is 1. The summed E-state index contributed by atoms with van der Waals surface area (Å²) < 4.78 is 50.6. The van der Waals surface area contributed by atoms with E-state index in [1.165, 1.54) is 12.1 Å². The third kappa shape index (κ3) is 10.0. The lowest BCUT2D eigenvalue weighted by molar-refractivity contribution is -0.151. The van der Waals surface area contributed by atoms with Gasteiger partial charge >= 0.3 is 12.1 Å². The third-order valence-electron chi connectivity index (χ3n) is 9.48. The minimum Gasteiger partial charge on any atom is -0.457 e. The van der Waals surface area contributed by atoms with Crippen molar-refractivity contribution in [3.63, 3.8) is 0 Å². The van der Waals surface area contributed by atoms with Crippen LogP contribution in [0.5, 0.6) is 0 Å². The van der Waals surface area contributed by atoms with E-state index < -0.39 is 39.9 Å². The number of piperazine rings is 1. The van der Waals surface area contributed by atoms with Crippen molar-refractivity contribution >= 4 is 33.7 Å². The number of halogens is 1. The number of hydrogen-bond donors (Lipinski definition) is 1. The lowest BCUT2D eigenvalue weighted by Gasteiger charge is -2.33. The zero-order chi connectivity index (χ0) is 33.6. The number of esters is 1. The zero-order valence-electron chi connectivity index (χ0n) is 27.7. The van der Waals surface area contributed by atoms with Crippen LogP contribution in [0.2, 0.25) is 0 Å². The number of aliphatic hydroxyl groups is 1. The SMILES string of the molecule is C/C(=C\c1cc(F)cc(N(C)C2CCS(=O)(=O)CC2)c1)[C@H]1OC(=O)C[C@H](O)CC[C@H](C)[C@H](OC(=O)N2CCN(C)CC2)/C=C/[C@@H]1C. The third-order valence-corrected chi connectivity index (χ3v) is 11.2. The van der Waals surface area contributed by atoms with E-state index in [0.717, 1.165) is 13.1 Å². The second-order valence-electron chi connectivity index (χ2n) is 13.3. The van der Waals surface area contributed by atoms with Crippen LogP contribution in [0.15, 0.2) is 35.9 Å². The lowest BCUT2D eigenvalue weighted by atomic mass is 9.91. The van der Waals surface area contributed by atoms with Crippen molar-refractivity contribution < 1.29 is 37.0 Å². The van der Waals surface area contributed by atoms with Crippen LogP contribution in [-0.4, -0.2) is 112 Å². The number of aliphatic hydroxyl groups excluding tert-OH is 1. The lowest BCUT2D eigenvalue weighted by Crippen LogP contribution is -2.48. The number of cyclic esters (lactones) is 1. The van der Waals surface area contributed by atoms with Crippen molar-refractivity contribution in [1.29, 1.82) is 0 Å². The number of sulfone groups is 1. The minimum absolute atomic E-state index is 0.0206. The van der Waals surface area contributed by atoms with Gasteiger partial charge in [0.2, 0.25) is 0 Å². The van der Waals surface area contributed by atoms with Crippen molar-refractivity contribution in [2.24, 2.45) is 11.8 Å². The monoisotopic (exact) mass is 663 g/mol. The molecule has 3 aliphatic heterocycles. The highest BCUT2D eigenvalue weighted by Gasteiger charge is 2.30. The molecule has 1 amide bonds. The van der Waals surface area contributed by atoms with Gasteiger partial charge in [-0.05, 0) is 81.0 Å². The number of nitrogens with zero attached hydrogens (tertiary/aromatic N) is 3. The fourth-order valence-electron chi connectivity index (χ4n) is 6.33. The summed E-state index contributed by atoms with van der Waals surface area (Å²) in [4.78, 5) is 31.8. The first-order chi connectivity index (χ1) is 21.7. The summed E-state index contributed by atoms with van der Waals surface area (Å²) >= 11 is 0. The number of anilines is 1. The number of likely N-dealkylation sites (N-methyl/N-ethyl adjacent to an activating group) is 1. The Morgan fingerprint density at radius 2 is 1.74 bits per heavy atom. The summed E-state index contributed by atoms with van der Waals surface area (Å²) in [5.74, 6) is -1.14. The van der Waals surface area contributed by atoms with Gasteiger partial charge in [0, 0.05) is 50.9 Å². The summed E-state index contributed by atoms with van der Waals surface area (Å²) in [5.41, 5.74) is 1.89. The van der Waals surface area contributed by atoms with Gasteiger partial charge in [-0.15, -0.1) is 0 Å². The molecule has 5 atom stereocenters. The quantitative estimate of drug-likeness (QED) is 0.364. The Morgan fingerprint density at radius 3 is 2.41 bits per heavy atom. The molecule has 0 spiro atoms. The van der Waals surface area contributed by atoms with E-state index in [-0.39, 0.29) is 41.9 Å². The van der Waals surface area contributed by atoms with Crippen LogP contribution < -0.4 is 4.90 Å². The Bertz CT molecular complexity index is 1380. The van der Waals surface area contributed by atoms with E-state index in [1.54, 1.807) is 11.0 Å². The van der Waals surface area contributed by atoms with E-state index >= 15 is 0 Å². The molecule has 0 aromatic heterocycles. The Morgan fingerprint density at radius 1 is 1.07 bits per heavy atom.